The molecule has 6 rings (SSSR count). The zero-order chi connectivity index (χ0) is 30.7. The van der Waals surface area contributed by atoms with Crippen LogP contribution in [0.15, 0.2) is 59.0 Å². The second-order valence-electron chi connectivity index (χ2n) is 10.4. The molecule has 1 unspecified atom stereocenters. The Labute approximate surface area is 257 Å². The maximum Gasteiger partial charge on any atom is 0.213 e. The molecule has 1 aliphatic rings. The van der Waals surface area contributed by atoms with Crippen LogP contribution in [-0.2, 0) is 13.1 Å². The first-order valence-electron chi connectivity index (χ1n) is 13.7. The van der Waals surface area contributed by atoms with Crippen LogP contribution < -0.4 is 20.8 Å². The van der Waals surface area contributed by atoms with Gasteiger partial charge < -0.3 is 19.8 Å². The van der Waals surface area contributed by atoms with E-state index >= 15 is 0 Å². The zero-order valence-electron chi connectivity index (χ0n) is 23.9. The summed E-state index contributed by atoms with van der Waals surface area (Å²) in [5.41, 5.74) is 9.31. The number of thiocarbonyl (C=S) groups is 1. The molecule has 5 aromatic rings. The molecule has 4 aromatic heterocycles. The number of nitrogen functional groups attached to an aromatic ring is 1. The number of anilines is 2. The van der Waals surface area contributed by atoms with E-state index in [1.54, 1.807) is 25.6 Å². The fraction of sp³-hybridized carbons (Fsp3) is 0.290. The number of fused-ring (bicyclic) bond motifs is 3. The van der Waals surface area contributed by atoms with Gasteiger partial charge in [-0.3, -0.25) is 9.69 Å². The molecule has 0 saturated carbocycles. The molecule has 43 heavy (non-hydrogen) atoms. The largest absolute Gasteiger partial charge is 0.481 e. The lowest BCUT2D eigenvalue weighted by atomic mass is 10.0. The van der Waals surface area contributed by atoms with E-state index in [2.05, 4.69) is 37.9 Å². The summed E-state index contributed by atoms with van der Waals surface area (Å²) in [6.45, 7) is 4.40. The van der Waals surface area contributed by atoms with Crippen LogP contribution in [0.25, 0.3) is 15.7 Å². The van der Waals surface area contributed by atoms with Crippen molar-refractivity contribution in [1.29, 1.82) is 0 Å². The summed E-state index contributed by atoms with van der Waals surface area (Å²) in [6, 6.07) is 9.85. The van der Waals surface area contributed by atoms with Crippen LogP contribution in [0, 0.1) is 18.6 Å². The van der Waals surface area contributed by atoms with Gasteiger partial charge in [-0.1, -0.05) is 12.2 Å². The molecule has 1 fully saturated rings. The van der Waals surface area contributed by atoms with Gasteiger partial charge in [0.15, 0.2) is 17.1 Å². The highest BCUT2D eigenvalue weighted by Gasteiger charge is 2.28. The first kappa shape index (κ1) is 30.5. The molecule has 12 heteroatoms. The molecule has 1 atom stereocenters. The Morgan fingerprint density at radius 1 is 1.16 bits per heavy atom. The minimum atomic E-state index is -1.03. The molecule has 224 valence electrons. The van der Waals surface area contributed by atoms with E-state index in [1.165, 1.54) is 11.3 Å². The quantitative estimate of drug-likeness (QED) is 0.229. The first-order chi connectivity index (χ1) is 20.8. The van der Waals surface area contributed by atoms with E-state index in [1.807, 2.05) is 34.9 Å². The summed E-state index contributed by atoms with van der Waals surface area (Å²) >= 11 is 5.27. The molecule has 1 aromatic carbocycles. The molecule has 1 saturated heterocycles. The summed E-state index contributed by atoms with van der Waals surface area (Å²) in [6.07, 6.45) is 5.39. The van der Waals surface area contributed by atoms with Crippen molar-refractivity contribution >= 4 is 56.7 Å². The third kappa shape index (κ3) is 6.22. The van der Waals surface area contributed by atoms with Crippen LogP contribution in [0.2, 0.25) is 0 Å². The lowest BCUT2D eigenvalue weighted by Crippen LogP contribution is -2.48. The molecule has 8 nitrogen and oxygen atoms in total. The fourth-order valence-electron chi connectivity index (χ4n) is 5.70. The van der Waals surface area contributed by atoms with Crippen molar-refractivity contribution in [3.05, 3.63) is 92.9 Å². The van der Waals surface area contributed by atoms with Gasteiger partial charge in [0.05, 0.1) is 24.5 Å². The van der Waals surface area contributed by atoms with Crippen LogP contribution >= 0.6 is 23.6 Å². The molecule has 5 heterocycles. The van der Waals surface area contributed by atoms with Gasteiger partial charge in [0.25, 0.3) is 0 Å². The van der Waals surface area contributed by atoms with Gasteiger partial charge in [-0.15, -0.1) is 11.3 Å². The molecule has 0 aliphatic carbocycles. The number of benzene rings is 1. The maximum absolute atomic E-state index is 14.4. The standard InChI is InChI=1S/C30H30F2N6O2S.CH2S/c1-18-17-41-30-23(29(39)22-11-24(31)25(32)12-26(22)38(18)30)16-37(14-19-7-8-34-28(10-19)40-2)21-4-3-9-36(15-21)20-5-6-27(33)35-13-20;1-2/h5-8,10-13,17,21H,3-4,9,14-16H2,1-2H3,(H2,33,35);1H2. The number of aryl methyl sites for hydroxylation is 1. The smallest absolute Gasteiger partial charge is 0.213 e. The number of methoxy groups -OCH3 is 1. The predicted octanol–water partition coefficient (Wildman–Crippen LogP) is 5.77. The average molecular weight is 623 g/mol. The minimum absolute atomic E-state index is 0.0987. The van der Waals surface area contributed by atoms with Crippen LogP contribution in [0.3, 0.4) is 0 Å². The topological polar surface area (TPSA) is 89.0 Å². The SMILES string of the molecule is C=S.COc1cc(CN(Cc2c(=O)c3cc(F)c(F)cc3n3c(C)csc23)C2CCCN(c3ccc(N)nc3)C2)ccn1. The Balaban J connectivity index is 0.00000180. The second kappa shape index (κ2) is 13.1. The van der Waals surface area contributed by atoms with Gasteiger partial charge in [-0.25, -0.2) is 18.7 Å². The predicted molar refractivity (Wildman–Crippen MR) is 172 cm³/mol. The lowest BCUT2D eigenvalue weighted by molar-refractivity contribution is 0.158. The number of pyridine rings is 3. The molecule has 0 bridgehead atoms. The number of hydrogen-bond acceptors (Lipinski definition) is 9. The number of ether oxygens (including phenoxy) is 1. The van der Waals surface area contributed by atoms with Crippen LogP contribution in [0.1, 0.15) is 29.7 Å². The van der Waals surface area contributed by atoms with Crippen LogP contribution in [-0.4, -0.2) is 51.4 Å². The minimum Gasteiger partial charge on any atom is -0.481 e. The number of nitrogens with two attached hydrogens (primary N) is 1. The van der Waals surface area contributed by atoms with Crippen LogP contribution in [0.5, 0.6) is 5.88 Å². The third-order valence-corrected chi connectivity index (χ3v) is 8.87. The van der Waals surface area contributed by atoms with Crippen molar-refractivity contribution in [2.24, 2.45) is 0 Å². The number of rotatable bonds is 7. The Kier molecular flexibility index (Phi) is 9.28. The summed E-state index contributed by atoms with van der Waals surface area (Å²) in [5.74, 6) is 1.81. The van der Waals surface area contributed by atoms with E-state index in [0.29, 0.717) is 35.9 Å². The van der Waals surface area contributed by atoms with Gasteiger partial charge in [-0.05, 0) is 55.5 Å². The van der Waals surface area contributed by atoms with Crippen molar-refractivity contribution < 1.29 is 13.5 Å². The summed E-state index contributed by atoms with van der Waals surface area (Å²) in [4.78, 5) is 27.8. The molecule has 0 spiro atoms. The van der Waals surface area contributed by atoms with Gasteiger partial charge in [0.2, 0.25) is 5.88 Å². The normalized spacial score (nSPS) is 15.1. The number of aromatic nitrogens is 3. The number of piperidine rings is 1. The average Bonchev–Trinajstić information content (AvgIpc) is 3.42. The highest BCUT2D eigenvalue weighted by Crippen LogP contribution is 2.30. The first-order valence-corrected chi connectivity index (χ1v) is 15.2. The summed E-state index contributed by atoms with van der Waals surface area (Å²) < 4.78 is 35.9. The Morgan fingerprint density at radius 3 is 2.70 bits per heavy atom. The van der Waals surface area contributed by atoms with Crippen molar-refractivity contribution in [3.8, 4) is 5.88 Å². The van der Waals surface area contributed by atoms with E-state index in [0.717, 1.165) is 59.8 Å². The van der Waals surface area contributed by atoms with Crippen LogP contribution in [0.4, 0.5) is 20.3 Å². The monoisotopic (exact) mass is 622 g/mol. The molecule has 1 aliphatic heterocycles. The Hall–Kier alpha value is -4.00. The maximum atomic E-state index is 14.4. The van der Waals surface area contributed by atoms with Gasteiger partial charge >= 0.3 is 0 Å². The Bertz CT molecular complexity index is 1810. The summed E-state index contributed by atoms with van der Waals surface area (Å²) in [7, 11) is 1.58. The summed E-state index contributed by atoms with van der Waals surface area (Å²) in [5, 5.41) is 2.11. The molecular formula is C31H32F2N6O2S2. The molecule has 0 amide bonds. The van der Waals surface area contributed by atoms with E-state index in [-0.39, 0.29) is 16.9 Å². The number of nitrogens with zero attached hydrogens (tertiary/aromatic N) is 5. The van der Waals surface area contributed by atoms with Crippen molar-refractivity contribution in [2.75, 3.05) is 30.8 Å². The number of halogens is 2. The number of thiazole rings is 1. The van der Waals surface area contributed by atoms with Crippen molar-refractivity contribution in [1.82, 2.24) is 19.3 Å². The van der Waals surface area contributed by atoms with E-state index in [9.17, 15) is 13.6 Å². The van der Waals surface area contributed by atoms with Crippen molar-refractivity contribution in [3.63, 3.8) is 0 Å². The highest BCUT2D eigenvalue weighted by atomic mass is 32.1. The molecule has 0 radical (unpaired) electrons. The molecular weight excluding hydrogens is 591 g/mol. The van der Waals surface area contributed by atoms with Gasteiger partial charge in [-0.2, -0.15) is 0 Å². The fourth-order valence-corrected chi connectivity index (χ4v) is 6.73. The lowest BCUT2D eigenvalue weighted by Gasteiger charge is -2.40. The zero-order valence-corrected chi connectivity index (χ0v) is 25.6. The van der Waals surface area contributed by atoms with E-state index < -0.39 is 11.6 Å². The van der Waals surface area contributed by atoms with Gasteiger partial charge in [0, 0.05) is 72.6 Å². The van der Waals surface area contributed by atoms with E-state index in [4.69, 9.17) is 10.5 Å². The second-order valence-corrected chi connectivity index (χ2v) is 11.3. The molecule has 2 N–H and O–H groups in total. The highest BCUT2D eigenvalue weighted by molar-refractivity contribution is 7.77. The number of hydrogen-bond donors (Lipinski definition) is 1. The third-order valence-electron chi connectivity index (χ3n) is 7.76. The van der Waals surface area contributed by atoms with Gasteiger partial charge in [0.1, 0.15) is 10.6 Å². The van der Waals surface area contributed by atoms with Crippen molar-refractivity contribution in [2.45, 2.75) is 38.9 Å². The Morgan fingerprint density at radius 2 is 1.95 bits per heavy atom.